The van der Waals surface area contributed by atoms with Crippen LogP contribution in [0.1, 0.15) is 99.3 Å². The van der Waals surface area contributed by atoms with E-state index in [2.05, 4.69) is 37.3 Å². The number of hydrogen-bond donors (Lipinski definition) is 0. The van der Waals surface area contributed by atoms with Gasteiger partial charge in [0.2, 0.25) is 0 Å². The molecule has 1 atom stereocenters. The van der Waals surface area contributed by atoms with Crippen LogP contribution in [0.25, 0.3) is 0 Å². The highest BCUT2D eigenvalue weighted by Crippen LogP contribution is 2.40. The van der Waals surface area contributed by atoms with Gasteiger partial charge in [0, 0.05) is 0 Å². The van der Waals surface area contributed by atoms with Crippen LogP contribution in [-0.2, 0) is 12.8 Å². The van der Waals surface area contributed by atoms with Gasteiger partial charge >= 0.3 is 0 Å². The number of aryl methyl sites for hydroxylation is 1. The number of fused-ring (bicyclic) bond motifs is 1. The van der Waals surface area contributed by atoms with Gasteiger partial charge in [0.15, 0.2) is 0 Å². The lowest BCUT2D eigenvalue weighted by atomic mass is 9.76. The molecule has 2 heteroatoms. The largest absolute Gasteiger partial charge is 0.494 e. The first-order chi connectivity index (χ1) is 14.7. The van der Waals surface area contributed by atoms with E-state index in [0.29, 0.717) is 12.5 Å². The lowest BCUT2D eigenvalue weighted by molar-refractivity contribution is 0.304. The first kappa shape index (κ1) is 21.4. The summed E-state index contributed by atoms with van der Waals surface area (Å²) in [5.74, 6) is 2.70. The molecule has 2 aromatic carbocycles. The fourth-order valence-corrected chi connectivity index (χ4v) is 5.66. The van der Waals surface area contributed by atoms with Crippen LogP contribution in [0.4, 0.5) is 4.39 Å². The molecule has 0 radical (unpaired) electrons. The minimum atomic E-state index is 0.0139. The maximum Gasteiger partial charge on any atom is 0.126 e. The zero-order valence-corrected chi connectivity index (χ0v) is 18.8. The number of unbranched alkanes of at least 4 members (excludes halogenated alkanes) is 1. The lowest BCUT2D eigenvalue weighted by Gasteiger charge is -2.30. The van der Waals surface area contributed by atoms with Crippen LogP contribution in [-0.4, -0.2) is 6.61 Å². The molecule has 1 unspecified atom stereocenters. The van der Waals surface area contributed by atoms with E-state index in [1.165, 1.54) is 61.6 Å². The Balaban J connectivity index is 1.40. The third-order valence-corrected chi connectivity index (χ3v) is 7.47. The minimum Gasteiger partial charge on any atom is -0.494 e. The maximum absolute atomic E-state index is 15.2. The SMILES string of the molecule is CCCCC1CCC(c2ccc(C3CCc4cc(OCC)ccc4C3)c(F)c2)CC1. The van der Waals surface area contributed by atoms with Gasteiger partial charge in [-0.3, -0.25) is 0 Å². The Morgan fingerprint density at radius 2 is 1.73 bits per heavy atom. The van der Waals surface area contributed by atoms with Crippen molar-refractivity contribution in [2.75, 3.05) is 6.61 Å². The van der Waals surface area contributed by atoms with Crippen molar-refractivity contribution in [3.8, 4) is 5.75 Å². The Morgan fingerprint density at radius 1 is 0.900 bits per heavy atom. The summed E-state index contributed by atoms with van der Waals surface area (Å²) in [6.07, 6.45) is 12.1. The fourth-order valence-electron chi connectivity index (χ4n) is 5.66. The first-order valence-electron chi connectivity index (χ1n) is 12.2. The molecular weight excluding hydrogens is 371 g/mol. The molecule has 0 saturated heterocycles. The van der Waals surface area contributed by atoms with E-state index in [-0.39, 0.29) is 11.7 Å². The average molecular weight is 409 g/mol. The second-order valence-electron chi connectivity index (χ2n) is 9.44. The summed E-state index contributed by atoms with van der Waals surface area (Å²) in [5.41, 5.74) is 4.86. The molecule has 0 bridgehead atoms. The van der Waals surface area contributed by atoms with Crippen molar-refractivity contribution in [1.82, 2.24) is 0 Å². The summed E-state index contributed by atoms with van der Waals surface area (Å²) >= 11 is 0. The molecule has 2 aliphatic carbocycles. The van der Waals surface area contributed by atoms with Crippen LogP contribution in [0.2, 0.25) is 0 Å². The van der Waals surface area contributed by atoms with Crippen molar-refractivity contribution in [1.29, 1.82) is 0 Å². The van der Waals surface area contributed by atoms with Crippen molar-refractivity contribution in [3.05, 3.63) is 64.5 Å². The molecule has 1 fully saturated rings. The highest BCUT2D eigenvalue weighted by atomic mass is 19.1. The van der Waals surface area contributed by atoms with Crippen LogP contribution in [0, 0.1) is 11.7 Å². The van der Waals surface area contributed by atoms with Gasteiger partial charge in [-0.15, -0.1) is 0 Å². The molecular formula is C28H37FO. The van der Waals surface area contributed by atoms with Crippen LogP contribution in [0.15, 0.2) is 36.4 Å². The Kier molecular flexibility index (Phi) is 7.12. The predicted octanol–water partition coefficient (Wildman–Crippen LogP) is 7.96. The second kappa shape index (κ2) is 9.98. The average Bonchev–Trinajstić information content (AvgIpc) is 2.78. The van der Waals surface area contributed by atoms with Gasteiger partial charge in [-0.25, -0.2) is 4.39 Å². The number of hydrogen-bond acceptors (Lipinski definition) is 1. The van der Waals surface area contributed by atoms with E-state index in [1.807, 2.05) is 13.0 Å². The highest BCUT2D eigenvalue weighted by molar-refractivity contribution is 5.40. The lowest BCUT2D eigenvalue weighted by Crippen LogP contribution is -2.16. The van der Waals surface area contributed by atoms with E-state index in [1.54, 1.807) is 0 Å². The normalized spacial score (nSPS) is 23.8. The molecule has 2 aliphatic rings. The summed E-state index contributed by atoms with van der Waals surface area (Å²) in [6, 6.07) is 12.6. The number of benzene rings is 2. The topological polar surface area (TPSA) is 9.23 Å². The molecule has 0 heterocycles. The molecule has 0 N–H and O–H groups in total. The summed E-state index contributed by atoms with van der Waals surface area (Å²) in [7, 11) is 0. The van der Waals surface area contributed by atoms with Crippen molar-refractivity contribution in [3.63, 3.8) is 0 Å². The molecule has 162 valence electrons. The molecule has 2 aromatic rings. The smallest absolute Gasteiger partial charge is 0.126 e. The van der Waals surface area contributed by atoms with Gasteiger partial charge in [-0.05, 0) is 110 Å². The quantitative estimate of drug-likeness (QED) is 0.451. The van der Waals surface area contributed by atoms with E-state index < -0.39 is 0 Å². The minimum absolute atomic E-state index is 0.0139. The van der Waals surface area contributed by atoms with Crippen molar-refractivity contribution in [2.45, 2.75) is 89.9 Å². The van der Waals surface area contributed by atoms with E-state index in [9.17, 15) is 0 Å². The van der Waals surface area contributed by atoms with Gasteiger partial charge in [-0.2, -0.15) is 0 Å². The van der Waals surface area contributed by atoms with Crippen molar-refractivity contribution in [2.24, 2.45) is 5.92 Å². The van der Waals surface area contributed by atoms with Crippen molar-refractivity contribution >= 4 is 0 Å². The highest BCUT2D eigenvalue weighted by Gasteiger charge is 2.26. The molecule has 1 saturated carbocycles. The predicted molar refractivity (Wildman–Crippen MR) is 123 cm³/mol. The Morgan fingerprint density at radius 3 is 2.47 bits per heavy atom. The second-order valence-corrected chi connectivity index (χ2v) is 9.44. The van der Waals surface area contributed by atoms with Crippen LogP contribution in [0.5, 0.6) is 5.75 Å². The van der Waals surface area contributed by atoms with Crippen LogP contribution >= 0.6 is 0 Å². The zero-order valence-electron chi connectivity index (χ0n) is 18.8. The molecule has 30 heavy (non-hydrogen) atoms. The van der Waals surface area contributed by atoms with Crippen LogP contribution in [0.3, 0.4) is 0 Å². The van der Waals surface area contributed by atoms with Crippen molar-refractivity contribution < 1.29 is 9.13 Å². The summed E-state index contributed by atoms with van der Waals surface area (Å²) in [5, 5.41) is 0. The fraction of sp³-hybridized carbons (Fsp3) is 0.571. The Labute approximate surface area is 182 Å². The Bertz CT molecular complexity index is 835. The first-order valence-corrected chi connectivity index (χ1v) is 12.2. The van der Waals surface area contributed by atoms with Gasteiger partial charge in [-0.1, -0.05) is 44.4 Å². The third-order valence-electron chi connectivity index (χ3n) is 7.47. The molecule has 0 aromatic heterocycles. The standard InChI is InChI=1S/C28H37FO/c1-3-5-6-20-7-9-21(10-8-20)24-14-16-27(28(29)19-24)25-12-11-23-18-26(30-4-2)15-13-22(23)17-25/h13-16,18-21,25H,3-12,17H2,1-2H3. The van der Waals surface area contributed by atoms with E-state index in [0.717, 1.165) is 36.5 Å². The van der Waals surface area contributed by atoms with E-state index >= 15 is 4.39 Å². The monoisotopic (exact) mass is 408 g/mol. The zero-order chi connectivity index (χ0) is 20.9. The van der Waals surface area contributed by atoms with Gasteiger partial charge < -0.3 is 4.74 Å². The number of ether oxygens (including phenoxy) is 1. The van der Waals surface area contributed by atoms with E-state index in [4.69, 9.17) is 4.74 Å². The number of rotatable bonds is 7. The molecule has 0 aliphatic heterocycles. The summed E-state index contributed by atoms with van der Waals surface area (Å²) < 4.78 is 20.8. The number of halogens is 1. The van der Waals surface area contributed by atoms with Crippen LogP contribution < -0.4 is 4.74 Å². The van der Waals surface area contributed by atoms with Gasteiger partial charge in [0.05, 0.1) is 6.61 Å². The molecule has 1 nitrogen and oxygen atoms in total. The maximum atomic E-state index is 15.2. The van der Waals surface area contributed by atoms with Gasteiger partial charge in [0.25, 0.3) is 0 Å². The molecule has 4 rings (SSSR count). The molecule has 0 amide bonds. The van der Waals surface area contributed by atoms with Gasteiger partial charge in [0.1, 0.15) is 11.6 Å². The third kappa shape index (κ3) is 4.90. The Hall–Kier alpha value is -1.83. The summed E-state index contributed by atoms with van der Waals surface area (Å²) in [6.45, 7) is 4.98. The summed E-state index contributed by atoms with van der Waals surface area (Å²) in [4.78, 5) is 0. The molecule has 0 spiro atoms.